The van der Waals surface area contributed by atoms with E-state index in [9.17, 15) is 4.79 Å². The van der Waals surface area contributed by atoms with Gasteiger partial charge in [0.15, 0.2) is 5.82 Å². The minimum Gasteiger partial charge on any atom is -0.335 e. The summed E-state index contributed by atoms with van der Waals surface area (Å²) in [6.07, 6.45) is 4.29. The Morgan fingerprint density at radius 3 is 2.56 bits per heavy atom. The molecule has 0 aliphatic rings. The van der Waals surface area contributed by atoms with Crippen molar-refractivity contribution in [3.8, 4) is 11.4 Å². The third kappa shape index (κ3) is 4.16. The number of nitrogens with two attached hydrogens (primary N) is 1. The van der Waals surface area contributed by atoms with Gasteiger partial charge in [-0.25, -0.2) is 4.68 Å². The van der Waals surface area contributed by atoms with Crippen molar-refractivity contribution in [2.45, 2.75) is 18.5 Å². The van der Waals surface area contributed by atoms with Crippen molar-refractivity contribution in [2.24, 2.45) is 0 Å². The van der Waals surface area contributed by atoms with Gasteiger partial charge < -0.3 is 11.2 Å². The van der Waals surface area contributed by atoms with Gasteiger partial charge in [0.25, 0.3) is 0 Å². The molecule has 1 amide bonds. The van der Waals surface area contributed by atoms with E-state index in [-0.39, 0.29) is 11.7 Å². The molecule has 8 heteroatoms. The standard InChI is InChI=1S/C17H18N6OS/c1-2-12-3-5-14(6-4-12)20-15(24)11-25-17-22-21-16(23(17)18)13-7-9-19-10-8-13/h3-10H,2,11,18H2,1H3,(H,20,24). The average Bonchev–Trinajstić information content (AvgIpc) is 3.02. The zero-order valence-electron chi connectivity index (χ0n) is 13.7. The highest BCUT2D eigenvalue weighted by molar-refractivity contribution is 7.99. The van der Waals surface area contributed by atoms with Crippen LogP contribution in [0, 0.1) is 0 Å². The van der Waals surface area contributed by atoms with Crippen molar-refractivity contribution in [3.63, 3.8) is 0 Å². The van der Waals surface area contributed by atoms with E-state index in [1.54, 1.807) is 24.5 Å². The Bertz CT molecular complexity index is 847. The van der Waals surface area contributed by atoms with Gasteiger partial charge in [-0.05, 0) is 36.2 Å². The molecule has 2 aromatic heterocycles. The third-order valence-corrected chi connectivity index (χ3v) is 4.52. The molecule has 0 saturated heterocycles. The normalized spacial score (nSPS) is 10.6. The van der Waals surface area contributed by atoms with Crippen molar-refractivity contribution in [2.75, 3.05) is 16.9 Å². The smallest absolute Gasteiger partial charge is 0.234 e. The monoisotopic (exact) mass is 354 g/mol. The fourth-order valence-corrected chi connectivity index (χ4v) is 2.88. The molecule has 0 aliphatic carbocycles. The second kappa shape index (κ2) is 7.80. The van der Waals surface area contributed by atoms with Gasteiger partial charge in [0.2, 0.25) is 11.1 Å². The van der Waals surface area contributed by atoms with Crippen LogP contribution < -0.4 is 11.2 Å². The molecule has 0 atom stereocenters. The Balaban J connectivity index is 1.60. The molecule has 0 spiro atoms. The molecule has 0 radical (unpaired) electrons. The highest BCUT2D eigenvalue weighted by Gasteiger charge is 2.13. The first kappa shape index (κ1) is 17.0. The summed E-state index contributed by atoms with van der Waals surface area (Å²) in [5, 5.41) is 11.4. The van der Waals surface area contributed by atoms with E-state index in [1.807, 2.05) is 24.3 Å². The molecule has 7 nitrogen and oxygen atoms in total. The number of pyridine rings is 1. The van der Waals surface area contributed by atoms with Gasteiger partial charge in [-0.1, -0.05) is 30.8 Å². The number of aromatic nitrogens is 4. The van der Waals surface area contributed by atoms with E-state index in [4.69, 9.17) is 5.84 Å². The van der Waals surface area contributed by atoms with E-state index in [1.165, 1.54) is 22.0 Å². The minimum absolute atomic E-state index is 0.122. The third-order valence-electron chi connectivity index (χ3n) is 3.58. The zero-order chi connectivity index (χ0) is 17.6. The summed E-state index contributed by atoms with van der Waals surface area (Å²) >= 11 is 1.23. The molecule has 2 heterocycles. The lowest BCUT2D eigenvalue weighted by molar-refractivity contribution is -0.113. The highest BCUT2D eigenvalue weighted by atomic mass is 32.2. The number of carbonyl (C=O) groups excluding carboxylic acids is 1. The van der Waals surface area contributed by atoms with Gasteiger partial charge in [-0.3, -0.25) is 9.78 Å². The number of carbonyl (C=O) groups is 1. The van der Waals surface area contributed by atoms with Gasteiger partial charge in [-0.15, -0.1) is 10.2 Å². The fourth-order valence-electron chi connectivity index (χ4n) is 2.22. The topological polar surface area (TPSA) is 98.7 Å². The van der Waals surface area contributed by atoms with Crippen LogP contribution in [0.25, 0.3) is 11.4 Å². The number of aryl methyl sites for hydroxylation is 1. The molecule has 0 bridgehead atoms. The van der Waals surface area contributed by atoms with E-state index >= 15 is 0 Å². The number of nitrogens with one attached hydrogen (secondary N) is 1. The summed E-state index contributed by atoms with van der Waals surface area (Å²) in [7, 11) is 0. The van der Waals surface area contributed by atoms with Gasteiger partial charge >= 0.3 is 0 Å². The SMILES string of the molecule is CCc1ccc(NC(=O)CSc2nnc(-c3ccncc3)n2N)cc1. The molecule has 0 fully saturated rings. The number of benzene rings is 1. The molecule has 0 saturated carbocycles. The zero-order valence-corrected chi connectivity index (χ0v) is 14.5. The summed E-state index contributed by atoms with van der Waals surface area (Å²) in [4.78, 5) is 16.1. The maximum atomic E-state index is 12.1. The predicted octanol–water partition coefficient (Wildman–Crippen LogP) is 2.35. The Kier molecular flexibility index (Phi) is 5.30. The van der Waals surface area contributed by atoms with Gasteiger partial charge in [-0.2, -0.15) is 0 Å². The summed E-state index contributed by atoms with van der Waals surface area (Å²) in [6.45, 7) is 2.09. The summed E-state index contributed by atoms with van der Waals surface area (Å²) in [5.41, 5.74) is 2.82. The maximum Gasteiger partial charge on any atom is 0.234 e. The van der Waals surface area contributed by atoms with Gasteiger partial charge in [0, 0.05) is 23.6 Å². The Morgan fingerprint density at radius 1 is 1.16 bits per heavy atom. The average molecular weight is 354 g/mol. The van der Waals surface area contributed by atoms with Crippen molar-refractivity contribution in [1.82, 2.24) is 19.9 Å². The summed E-state index contributed by atoms with van der Waals surface area (Å²) in [5.74, 6) is 6.63. The van der Waals surface area contributed by atoms with Crippen LogP contribution in [0.4, 0.5) is 5.69 Å². The quantitative estimate of drug-likeness (QED) is 0.521. The molecule has 3 aromatic rings. The van der Waals surface area contributed by atoms with Crippen molar-refractivity contribution in [3.05, 3.63) is 54.4 Å². The van der Waals surface area contributed by atoms with Crippen LogP contribution in [0.3, 0.4) is 0 Å². The Morgan fingerprint density at radius 2 is 1.88 bits per heavy atom. The first-order valence-corrected chi connectivity index (χ1v) is 8.78. The van der Waals surface area contributed by atoms with Crippen molar-refractivity contribution in [1.29, 1.82) is 0 Å². The molecule has 1 aromatic carbocycles. The maximum absolute atomic E-state index is 12.1. The molecule has 25 heavy (non-hydrogen) atoms. The Hall–Kier alpha value is -2.87. The van der Waals surface area contributed by atoms with Crippen LogP contribution in [0.15, 0.2) is 53.9 Å². The van der Waals surface area contributed by atoms with Crippen LogP contribution in [-0.4, -0.2) is 31.5 Å². The molecule has 0 unspecified atom stereocenters. The summed E-state index contributed by atoms with van der Waals surface area (Å²) in [6, 6.07) is 11.4. The van der Waals surface area contributed by atoms with Crippen LogP contribution >= 0.6 is 11.8 Å². The number of anilines is 1. The molecule has 3 rings (SSSR count). The van der Waals surface area contributed by atoms with Crippen molar-refractivity contribution >= 4 is 23.4 Å². The number of amides is 1. The second-order valence-corrected chi connectivity index (χ2v) is 6.24. The number of thioether (sulfide) groups is 1. The Labute approximate surface area is 149 Å². The van der Waals surface area contributed by atoms with Crippen LogP contribution in [-0.2, 0) is 11.2 Å². The lowest BCUT2D eigenvalue weighted by atomic mass is 10.1. The van der Waals surface area contributed by atoms with E-state index in [0.717, 1.165) is 17.7 Å². The number of hydrogen-bond acceptors (Lipinski definition) is 6. The van der Waals surface area contributed by atoms with E-state index < -0.39 is 0 Å². The molecule has 3 N–H and O–H groups in total. The molecule has 0 aliphatic heterocycles. The molecule has 128 valence electrons. The van der Waals surface area contributed by atoms with Crippen LogP contribution in [0.2, 0.25) is 0 Å². The second-order valence-electron chi connectivity index (χ2n) is 5.30. The predicted molar refractivity (Wildman–Crippen MR) is 98.6 cm³/mol. The molecular weight excluding hydrogens is 336 g/mol. The summed E-state index contributed by atoms with van der Waals surface area (Å²) < 4.78 is 1.38. The van der Waals surface area contributed by atoms with E-state index in [0.29, 0.717) is 11.0 Å². The minimum atomic E-state index is -0.122. The van der Waals surface area contributed by atoms with Gasteiger partial charge in [0.05, 0.1) is 5.75 Å². The number of nitrogens with zero attached hydrogens (tertiary/aromatic N) is 4. The lowest BCUT2D eigenvalue weighted by Crippen LogP contribution is -2.16. The van der Waals surface area contributed by atoms with E-state index in [2.05, 4.69) is 27.4 Å². The fraction of sp³-hybridized carbons (Fsp3) is 0.176. The largest absolute Gasteiger partial charge is 0.335 e. The van der Waals surface area contributed by atoms with Crippen LogP contribution in [0.1, 0.15) is 12.5 Å². The number of nitrogen functional groups attached to an aromatic ring is 1. The van der Waals surface area contributed by atoms with Gasteiger partial charge in [0.1, 0.15) is 0 Å². The highest BCUT2D eigenvalue weighted by Crippen LogP contribution is 2.21. The number of hydrogen-bond donors (Lipinski definition) is 2. The van der Waals surface area contributed by atoms with Crippen molar-refractivity contribution < 1.29 is 4.79 Å². The lowest BCUT2D eigenvalue weighted by Gasteiger charge is -2.06. The molecular formula is C17H18N6OS. The number of rotatable bonds is 6. The van der Waals surface area contributed by atoms with Crippen LogP contribution in [0.5, 0.6) is 0 Å². The first-order chi connectivity index (χ1) is 12.2. The first-order valence-electron chi connectivity index (χ1n) is 7.80.